The summed E-state index contributed by atoms with van der Waals surface area (Å²) in [5, 5.41) is 3.26. The van der Waals surface area contributed by atoms with Crippen LogP contribution in [0.5, 0.6) is 5.75 Å². The number of hydrogen-bond donors (Lipinski definition) is 1. The van der Waals surface area contributed by atoms with Crippen LogP contribution in [0.1, 0.15) is 18.9 Å². The fourth-order valence-corrected chi connectivity index (χ4v) is 1.91. The van der Waals surface area contributed by atoms with Gasteiger partial charge in [0.15, 0.2) is 0 Å². The summed E-state index contributed by atoms with van der Waals surface area (Å²) in [7, 11) is 0. The molecule has 0 aromatic heterocycles. The molecule has 1 atom stereocenters. The van der Waals surface area contributed by atoms with Gasteiger partial charge in [-0.1, -0.05) is 0 Å². The lowest BCUT2D eigenvalue weighted by molar-refractivity contribution is 0.0174. The number of hydrogen-bond acceptors (Lipinski definition) is 2. The average Bonchev–Trinajstić information content (AvgIpc) is 2.78. The molecule has 1 aromatic rings. The van der Waals surface area contributed by atoms with Crippen LogP contribution in [0, 0.1) is 5.92 Å². The van der Waals surface area contributed by atoms with Crippen LogP contribution >= 0.6 is 0 Å². The van der Waals surface area contributed by atoms with E-state index in [0.29, 0.717) is 18.3 Å². The van der Waals surface area contributed by atoms with Gasteiger partial charge in [-0.05, 0) is 37.2 Å². The van der Waals surface area contributed by atoms with Crippen LogP contribution in [0.2, 0.25) is 0 Å². The number of nitrogens with one attached hydrogen (secondary N) is 1. The average molecular weight is 241 g/mol. The zero-order valence-corrected chi connectivity index (χ0v) is 9.88. The van der Waals surface area contributed by atoms with Crippen LogP contribution in [0.25, 0.3) is 0 Å². The van der Waals surface area contributed by atoms with Crippen LogP contribution in [0.15, 0.2) is 24.3 Å². The first kappa shape index (κ1) is 12.3. The third-order valence-electron chi connectivity index (χ3n) is 3.01. The molecule has 1 unspecified atom stereocenters. The molecule has 2 nitrogen and oxygen atoms in total. The lowest BCUT2D eigenvalue weighted by Crippen LogP contribution is -2.15. The summed E-state index contributed by atoms with van der Waals surface area (Å²) in [5.74, 6) is -1.60. The molecule has 1 aliphatic heterocycles. The normalized spacial score (nSPS) is 20.5. The smallest absolute Gasteiger partial charge is 0.270 e. The Kier molecular flexibility index (Phi) is 3.62. The highest BCUT2D eigenvalue weighted by atomic mass is 19.3. The monoisotopic (exact) mass is 241 g/mol. The van der Waals surface area contributed by atoms with Crippen LogP contribution < -0.4 is 10.1 Å². The SMILES string of the molecule is CC(F)(F)c1ccc(OCC2CCNC2)cc1. The summed E-state index contributed by atoms with van der Waals surface area (Å²) in [5.41, 5.74) is 0.0207. The maximum absolute atomic E-state index is 13.0. The van der Waals surface area contributed by atoms with Gasteiger partial charge in [-0.25, -0.2) is 8.78 Å². The highest BCUT2D eigenvalue weighted by Crippen LogP contribution is 2.28. The van der Waals surface area contributed by atoms with E-state index in [1.54, 1.807) is 12.1 Å². The minimum atomic E-state index is -2.78. The van der Waals surface area contributed by atoms with Gasteiger partial charge >= 0.3 is 0 Å². The lowest BCUT2D eigenvalue weighted by Gasteiger charge is -2.13. The molecular formula is C13H17F2NO. The van der Waals surface area contributed by atoms with Gasteiger partial charge in [0, 0.05) is 24.9 Å². The van der Waals surface area contributed by atoms with E-state index < -0.39 is 5.92 Å². The molecule has 1 N–H and O–H groups in total. The summed E-state index contributed by atoms with van der Waals surface area (Å²) in [4.78, 5) is 0. The minimum Gasteiger partial charge on any atom is -0.493 e. The van der Waals surface area contributed by atoms with E-state index in [0.717, 1.165) is 26.4 Å². The summed E-state index contributed by atoms with van der Waals surface area (Å²) in [6.45, 7) is 3.56. The second kappa shape index (κ2) is 5.00. The molecule has 0 spiro atoms. The topological polar surface area (TPSA) is 21.3 Å². The minimum absolute atomic E-state index is 0.0207. The third kappa shape index (κ3) is 3.40. The van der Waals surface area contributed by atoms with E-state index in [9.17, 15) is 8.78 Å². The van der Waals surface area contributed by atoms with Gasteiger partial charge < -0.3 is 10.1 Å². The number of halogens is 2. The van der Waals surface area contributed by atoms with Gasteiger partial charge in [-0.15, -0.1) is 0 Å². The Morgan fingerprint density at radius 1 is 1.35 bits per heavy atom. The molecule has 0 bridgehead atoms. The zero-order chi connectivity index (χ0) is 12.3. The summed E-state index contributed by atoms with van der Waals surface area (Å²) in [6, 6.07) is 6.05. The van der Waals surface area contributed by atoms with E-state index in [1.165, 1.54) is 12.1 Å². The van der Waals surface area contributed by atoms with Crippen molar-refractivity contribution in [2.75, 3.05) is 19.7 Å². The molecule has 94 valence electrons. The van der Waals surface area contributed by atoms with E-state index in [1.807, 2.05) is 0 Å². The largest absolute Gasteiger partial charge is 0.493 e. The van der Waals surface area contributed by atoms with E-state index in [4.69, 9.17) is 4.74 Å². The molecule has 1 aliphatic rings. The molecule has 1 fully saturated rings. The van der Waals surface area contributed by atoms with Crippen LogP contribution in [-0.2, 0) is 5.92 Å². The van der Waals surface area contributed by atoms with Crippen molar-refractivity contribution in [2.24, 2.45) is 5.92 Å². The quantitative estimate of drug-likeness (QED) is 0.875. The van der Waals surface area contributed by atoms with Crippen molar-refractivity contribution >= 4 is 0 Å². The highest BCUT2D eigenvalue weighted by Gasteiger charge is 2.23. The molecule has 4 heteroatoms. The van der Waals surface area contributed by atoms with Crippen LogP contribution in [0.4, 0.5) is 8.78 Å². The van der Waals surface area contributed by atoms with Gasteiger partial charge in [-0.3, -0.25) is 0 Å². The summed E-state index contributed by atoms with van der Waals surface area (Å²) >= 11 is 0. The van der Waals surface area contributed by atoms with Crippen molar-refractivity contribution in [1.82, 2.24) is 5.32 Å². The van der Waals surface area contributed by atoms with Crippen molar-refractivity contribution in [3.63, 3.8) is 0 Å². The molecule has 1 saturated heterocycles. The zero-order valence-electron chi connectivity index (χ0n) is 9.88. The van der Waals surface area contributed by atoms with Gasteiger partial charge in [0.25, 0.3) is 5.92 Å². The number of benzene rings is 1. The third-order valence-corrected chi connectivity index (χ3v) is 3.01. The van der Waals surface area contributed by atoms with Gasteiger partial charge in [0.2, 0.25) is 0 Å². The van der Waals surface area contributed by atoms with E-state index in [-0.39, 0.29) is 5.56 Å². The molecule has 0 saturated carbocycles. The van der Waals surface area contributed by atoms with Gasteiger partial charge in [0.05, 0.1) is 6.61 Å². The fraction of sp³-hybridized carbons (Fsp3) is 0.538. The lowest BCUT2D eigenvalue weighted by atomic mass is 10.1. The van der Waals surface area contributed by atoms with Gasteiger partial charge in [-0.2, -0.15) is 0 Å². The Morgan fingerprint density at radius 2 is 2.06 bits per heavy atom. The van der Waals surface area contributed by atoms with Crippen LogP contribution in [0.3, 0.4) is 0 Å². The molecule has 17 heavy (non-hydrogen) atoms. The maximum Gasteiger partial charge on any atom is 0.270 e. The van der Waals surface area contributed by atoms with Gasteiger partial charge in [0.1, 0.15) is 5.75 Å². The summed E-state index contributed by atoms with van der Waals surface area (Å²) < 4.78 is 31.5. The summed E-state index contributed by atoms with van der Waals surface area (Å²) in [6.07, 6.45) is 1.12. The molecule has 1 heterocycles. The number of rotatable bonds is 4. The van der Waals surface area contributed by atoms with Crippen molar-refractivity contribution in [3.8, 4) is 5.75 Å². The molecule has 0 amide bonds. The van der Waals surface area contributed by atoms with E-state index in [2.05, 4.69) is 5.32 Å². The standard InChI is InChI=1S/C13H17F2NO/c1-13(14,15)11-2-4-12(5-3-11)17-9-10-6-7-16-8-10/h2-5,10,16H,6-9H2,1H3. The second-order valence-electron chi connectivity index (χ2n) is 4.58. The predicted octanol–water partition coefficient (Wildman–Crippen LogP) is 2.79. The van der Waals surface area contributed by atoms with Crippen molar-refractivity contribution in [1.29, 1.82) is 0 Å². The number of ether oxygens (including phenoxy) is 1. The Morgan fingerprint density at radius 3 is 2.59 bits per heavy atom. The Labute approximate surface area is 100.0 Å². The number of alkyl halides is 2. The first-order valence-corrected chi connectivity index (χ1v) is 5.87. The van der Waals surface area contributed by atoms with E-state index >= 15 is 0 Å². The van der Waals surface area contributed by atoms with Crippen molar-refractivity contribution in [2.45, 2.75) is 19.3 Å². The molecule has 0 aliphatic carbocycles. The molecular weight excluding hydrogens is 224 g/mol. The van der Waals surface area contributed by atoms with Crippen LogP contribution in [-0.4, -0.2) is 19.7 Å². The maximum atomic E-state index is 13.0. The Hall–Kier alpha value is -1.16. The Balaban J connectivity index is 1.89. The fourth-order valence-electron chi connectivity index (χ4n) is 1.91. The first-order chi connectivity index (χ1) is 8.05. The molecule has 1 aromatic carbocycles. The van der Waals surface area contributed by atoms with Crippen molar-refractivity contribution < 1.29 is 13.5 Å². The molecule has 0 radical (unpaired) electrons. The second-order valence-corrected chi connectivity index (χ2v) is 4.58. The predicted molar refractivity (Wildman–Crippen MR) is 62.5 cm³/mol. The van der Waals surface area contributed by atoms with Crippen molar-refractivity contribution in [3.05, 3.63) is 29.8 Å². The first-order valence-electron chi connectivity index (χ1n) is 5.87. The molecule has 2 rings (SSSR count). The Bertz CT molecular complexity index is 353. The highest BCUT2D eigenvalue weighted by molar-refractivity contribution is 5.29.